The van der Waals surface area contributed by atoms with E-state index in [1.54, 1.807) is 4.90 Å². The van der Waals surface area contributed by atoms with E-state index in [1.807, 2.05) is 6.07 Å². The van der Waals surface area contributed by atoms with Crippen molar-refractivity contribution in [2.75, 3.05) is 29.0 Å². The number of likely N-dealkylation sites (tertiary alicyclic amines) is 1. The van der Waals surface area contributed by atoms with Gasteiger partial charge in [-0.1, -0.05) is 0 Å². The van der Waals surface area contributed by atoms with Crippen molar-refractivity contribution in [1.29, 1.82) is 0 Å². The maximum absolute atomic E-state index is 14.1. The molecule has 0 spiro atoms. The topological polar surface area (TPSA) is 149 Å². The zero-order valence-electron chi connectivity index (χ0n) is 22.1. The molecule has 3 fully saturated rings. The van der Waals surface area contributed by atoms with Crippen LogP contribution in [-0.4, -0.2) is 78.8 Å². The monoisotopic (exact) mass is 551 g/mol. The standard InChI is InChI=1S/C27H34FN9O3/c28-20-14-29-10-7-21(20)34-26(39)23-15-30-25-22(31-16-1-2-16)13-24(35-37(23)25)32-17-3-5-18(6-4-17)33-27(40)36-11-8-19(38)9-12-36/h7,10,13-19,31,38H,1-6,8-9,11-12H2,(H,32,35)(H,33,40)(H,29,34,39). The van der Waals surface area contributed by atoms with Crippen molar-refractivity contribution in [3.8, 4) is 0 Å². The first-order valence-electron chi connectivity index (χ1n) is 14.0. The first-order valence-corrected chi connectivity index (χ1v) is 14.0. The third-order valence-corrected chi connectivity index (χ3v) is 7.82. The van der Waals surface area contributed by atoms with Gasteiger partial charge in [0, 0.05) is 43.5 Å². The minimum atomic E-state index is -0.627. The average Bonchev–Trinajstić information content (AvgIpc) is 3.66. The van der Waals surface area contributed by atoms with E-state index in [9.17, 15) is 19.1 Å². The predicted molar refractivity (Wildman–Crippen MR) is 147 cm³/mol. The van der Waals surface area contributed by atoms with Crippen LogP contribution < -0.4 is 21.3 Å². The summed E-state index contributed by atoms with van der Waals surface area (Å²) in [7, 11) is 0. The van der Waals surface area contributed by atoms with Gasteiger partial charge in [-0.3, -0.25) is 9.78 Å². The molecule has 5 N–H and O–H groups in total. The fraction of sp³-hybridized carbons (Fsp3) is 0.519. The molecule has 0 aromatic carbocycles. The maximum Gasteiger partial charge on any atom is 0.317 e. The molecule has 1 aliphatic heterocycles. The zero-order chi connectivity index (χ0) is 27.6. The Morgan fingerprint density at radius 2 is 1.62 bits per heavy atom. The third-order valence-electron chi connectivity index (χ3n) is 7.82. The number of aromatic nitrogens is 4. The van der Waals surface area contributed by atoms with E-state index in [2.05, 4.69) is 36.3 Å². The molecule has 40 heavy (non-hydrogen) atoms. The highest BCUT2D eigenvalue weighted by Crippen LogP contribution is 2.30. The quantitative estimate of drug-likeness (QED) is 0.301. The van der Waals surface area contributed by atoms with Gasteiger partial charge in [0.25, 0.3) is 5.91 Å². The number of anilines is 3. The molecule has 3 aromatic rings. The number of piperidine rings is 1. The Balaban J connectivity index is 1.13. The molecule has 13 heteroatoms. The Morgan fingerprint density at radius 3 is 2.35 bits per heavy atom. The second-order valence-electron chi connectivity index (χ2n) is 10.9. The van der Waals surface area contributed by atoms with Gasteiger partial charge in [-0.15, -0.1) is 5.10 Å². The van der Waals surface area contributed by atoms with Crippen molar-refractivity contribution < 1.29 is 19.1 Å². The molecule has 6 rings (SSSR count). The van der Waals surface area contributed by atoms with Crippen molar-refractivity contribution in [3.05, 3.63) is 42.2 Å². The predicted octanol–water partition coefficient (Wildman–Crippen LogP) is 2.98. The Kier molecular flexibility index (Phi) is 7.37. The van der Waals surface area contributed by atoms with Crippen LogP contribution in [0.15, 0.2) is 30.7 Å². The first-order chi connectivity index (χ1) is 19.4. The summed E-state index contributed by atoms with van der Waals surface area (Å²) in [6.45, 7) is 1.17. The summed E-state index contributed by atoms with van der Waals surface area (Å²) in [4.78, 5) is 35.6. The zero-order valence-corrected chi connectivity index (χ0v) is 22.1. The maximum atomic E-state index is 14.1. The molecule has 2 saturated carbocycles. The van der Waals surface area contributed by atoms with Crippen LogP contribution in [0.25, 0.3) is 5.65 Å². The summed E-state index contributed by atoms with van der Waals surface area (Å²) in [5.41, 5.74) is 1.52. The van der Waals surface area contributed by atoms with Crippen molar-refractivity contribution in [2.45, 2.75) is 75.6 Å². The molecular formula is C27H34FN9O3. The third kappa shape index (κ3) is 5.93. The number of imidazole rings is 1. The molecule has 0 bridgehead atoms. The summed E-state index contributed by atoms with van der Waals surface area (Å²) < 4.78 is 15.6. The normalized spacial score (nSPS) is 21.7. The second-order valence-corrected chi connectivity index (χ2v) is 10.9. The number of nitrogens with one attached hydrogen (secondary N) is 4. The average molecular weight is 552 g/mol. The number of aliphatic hydroxyl groups is 1. The molecular weight excluding hydrogens is 517 g/mol. The Bertz CT molecular complexity index is 1380. The molecule has 4 heterocycles. The van der Waals surface area contributed by atoms with E-state index in [-0.39, 0.29) is 35.6 Å². The highest BCUT2D eigenvalue weighted by Gasteiger charge is 2.28. The molecule has 12 nitrogen and oxygen atoms in total. The van der Waals surface area contributed by atoms with Crippen LogP contribution in [-0.2, 0) is 0 Å². The fourth-order valence-electron chi connectivity index (χ4n) is 5.34. The number of rotatable bonds is 7. The number of hydrogen-bond donors (Lipinski definition) is 5. The van der Waals surface area contributed by atoms with Crippen molar-refractivity contribution >= 4 is 34.8 Å². The molecule has 3 aliphatic rings. The van der Waals surface area contributed by atoms with Gasteiger partial charge >= 0.3 is 6.03 Å². The lowest BCUT2D eigenvalue weighted by atomic mass is 9.91. The number of hydrogen-bond acceptors (Lipinski definition) is 8. The first kappa shape index (κ1) is 26.2. The summed E-state index contributed by atoms with van der Waals surface area (Å²) in [5.74, 6) is -0.547. The van der Waals surface area contributed by atoms with E-state index in [0.717, 1.165) is 50.4 Å². The largest absolute Gasteiger partial charge is 0.393 e. The van der Waals surface area contributed by atoms with Crippen LogP contribution in [0.1, 0.15) is 61.9 Å². The molecule has 0 atom stereocenters. The van der Waals surface area contributed by atoms with Crippen LogP contribution in [0.5, 0.6) is 0 Å². The highest BCUT2D eigenvalue weighted by atomic mass is 19.1. The Morgan fingerprint density at radius 1 is 0.925 bits per heavy atom. The van der Waals surface area contributed by atoms with Crippen LogP contribution >= 0.6 is 0 Å². The van der Waals surface area contributed by atoms with Crippen molar-refractivity contribution in [2.24, 2.45) is 0 Å². The van der Waals surface area contributed by atoms with Gasteiger partial charge in [-0.25, -0.2) is 18.7 Å². The van der Waals surface area contributed by atoms with Crippen molar-refractivity contribution in [1.82, 2.24) is 29.8 Å². The molecule has 3 amide bonds. The number of amides is 3. The molecule has 0 radical (unpaired) electrons. The Labute approximate surface area is 230 Å². The van der Waals surface area contributed by atoms with E-state index in [1.165, 1.54) is 23.0 Å². The van der Waals surface area contributed by atoms with Crippen molar-refractivity contribution in [3.63, 3.8) is 0 Å². The minimum Gasteiger partial charge on any atom is -0.393 e. The molecule has 2 aliphatic carbocycles. The van der Waals surface area contributed by atoms with E-state index in [4.69, 9.17) is 0 Å². The summed E-state index contributed by atoms with van der Waals surface area (Å²) in [6.07, 6.45) is 10.4. The van der Waals surface area contributed by atoms with Gasteiger partial charge in [-0.2, -0.15) is 0 Å². The van der Waals surface area contributed by atoms with Gasteiger partial charge in [0.15, 0.2) is 17.2 Å². The van der Waals surface area contributed by atoms with Gasteiger partial charge in [-0.05, 0) is 57.4 Å². The number of carbonyl (C=O) groups excluding carboxylic acids is 2. The van der Waals surface area contributed by atoms with Gasteiger partial charge in [0.05, 0.1) is 29.9 Å². The lowest BCUT2D eigenvalue weighted by Gasteiger charge is -2.34. The second kappa shape index (κ2) is 11.2. The number of aliphatic hydroxyl groups excluding tert-OH is 1. The number of pyridine rings is 1. The van der Waals surface area contributed by atoms with Crippen LogP contribution in [0, 0.1) is 5.82 Å². The Hall–Kier alpha value is -4.00. The highest BCUT2D eigenvalue weighted by molar-refractivity contribution is 6.03. The lowest BCUT2D eigenvalue weighted by Crippen LogP contribution is -2.49. The molecule has 3 aromatic heterocycles. The number of carbonyl (C=O) groups is 2. The van der Waals surface area contributed by atoms with Gasteiger partial charge < -0.3 is 31.3 Å². The molecule has 1 saturated heterocycles. The van der Waals surface area contributed by atoms with E-state index in [0.29, 0.717) is 43.4 Å². The minimum absolute atomic E-state index is 0.0299. The molecule has 0 unspecified atom stereocenters. The van der Waals surface area contributed by atoms with Crippen LogP contribution in [0.3, 0.4) is 0 Å². The number of urea groups is 1. The summed E-state index contributed by atoms with van der Waals surface area (Å²) >= 11 is 0. The number of nitrogens with zero attached hydrogens (tertiary/aromatic N) is 5. The summed E-state index contributed by atoms with van der Waals surface area (Å²) in [5, 5.41) is 27.1. The molecule has 212 valence electrons. The van der Waals surface area contributed by atoms with Crippen LogP contribution in [0.2, 0.25) is 0 Å². The van der Waals surface area contributed by atoms with Gasteiger partial charge in [0.2, 0.25) is 0 Å². The smallest absolute Gasteiger partial charge is 0.317 e. The SMILES string of the molecule is O=C(Nc1ccncc1F)c1cnc2c(NC3CC3)cc(NC3CCC(NC(=O)N4CCC(O)CC4)CC3)nn12. The lowest BCUT2D eigenvalue weighted by molar-refractivity contribution is 0.0922. The van der Waals surface area contributed by atoms with Gasteiger partial charge in [0.1, 0.15) is 5.82 Å². The number of halogens is 1. The summed E-state index contributed by atoms with van der Waals surface area (Å²) in [6, 6.07) is 3.89. The van der Waals surface area contributed by atoms with Crippen LogP contribution in [0.4, 0.5) is 26.4 Å². The fourth-order valence-corrected chi connectivity index (χ4v) is 5.34. The van der Waals surface area contributed by atoms with E-state index < -0.39 is 11.7 Å². The number of fused-ring (bicyclic) bond motifs is 1. The van der Waals surface area contributed by atoms with E-state index >= 15 is 0 Å².